The first kappa shape index (κ1) is 17.5. The highest BCUT2D eigenvalue weighted by molar-refractivity contribution is 14.0. The van der Waals surface area contributed by atoms with Crippen molar-refractivity contribution in [2.75, 3.05) is 20.7 Å². The summed E-state index contributed by atoms with van der Waals surface area (Å²) in [6.07, 6.45) is 0. The number of guanidine groups is 1. The Morgan fingerprint density at radius 3 is 2.47 bits per heavy atom. The molecule has 0 unspecified atom stereocenters. The van der Waals surface area contributed by atoms with Crippen molar-refractivity contribution in [2.45, 2.75) is 6.54 Å². The monoisotopic (exact) mass is 378 g/mol. The molecule has 0 bridgehead atoms. The van der Waals surface area contributed by atoms with Crippen LogP contribution >= 0.6 is 24.0 Å². The van der Waals surface area contributed by atoms with Gasteiger partial charge < -0.3 is 21.1 Å². The molecular weight excluding hydrogens is 359 g/mol. The van der Waals surface area contributed by atoms with Gasteiger partial charge in [-0.1, -0.05) is 12.1 Å². The first-order valence-corrected chi connectivity index (χ1v) is 5.51. The number of carbonyl (C=O) groups is 1. The summed E-state index contributed by atoms with van der Waals surface area (Å²) in [5, 5.41) is 5.45. The molecule has 0 fully saturated rings. The third kappa shape index (κ3) is 6.85. The summed E-state index contributed by atoms with van der Waals surface area (Å²) in [4.78, 5) is 15.1. The number of hydrogen-bond donors (Lipinski definition) is 3. The molecule has 0 aliphatic rings. The predicted octanol–water partition coefficient (Wildman–Crippen LogP) is 0.464. The summed E-state index contributed by atoms with van der Waals surface area (Å²) in [6.45, 7) is 0.576. The van der Waals surface area contributed by atoms with Crippen molar-refractivity contribution in [2.24, 2.45) is 10.7 Å². The highest BCUT2D eigenvalue weighted by Crippen LogP contribution is 2.10. The summed E-state index contributed by atoms with van der Waals surface area (Å²) < 4.78 is 5.05. The normalized spacial score (nSPS) is 10.3. The first-order valence-electron chi connectivity index (χ1n) is 5.51. The summed E-state index contributed by atoms with van der Waals surface area (Å²) in [7, 11) is 3.17. The fourth-order valence-electron chi connectivity index (χ4n) is 1.26. The SMILES string of the molecule is CN=C(N)NCC(=O)NCc1ccc(OC)cc1.I. The van der Waals surface area contributed by atoms with E-state index in [2.05, 4.69) is 15.6 Å². The smallest absolute Gasteiger partial charge is 0.239 e. The molecule has 7 heteroatoms. The maximum Gasteiger partial charge on any atom is 0.239 e. The van der Waals surface area contributed by atoms with Crippen molar-refractivity contribution in [1.29, 1.82) is 0 Å². The second-order valence-corrected chi connectivity index (χ2v) is 3.59. The van der Waals surface area contributed by atoms with Crippen LogP contribution in [0.15, 0.2) is 29.3 Å². The number of methoxy groups -OCH3 is 1. The van der Waals surface area contributed by atoms with Gasteiger partial charge in [0.05, 0.1) is 13.7 Å². The summed E-state index contributed by atoms with van der Waals surface area (Å²) in [5.41, 5.74) is 6.41. The third-order valence-corrected chi connectivity index (χ3v) is 2.32. The van der Waals surface area contributed by atoms with Crippen molar-refractivity contribution >= 4 is 35.8 Å². The van der Waals surface area contributed by atoms with Crippen LogP contribution in [-0.2, 0) is 11.3 Å². The van der Waals surface area contributed by atoms with E-state index in [0.29, 0.717) is 6.54 Å². The van der Waals surface area contributed by atoms with Gasteiger partial charge in [-0.05, 0) is 17.7 Å². The van der Waals surface area contributed by atoms with Gasteiger partial charge in [0.25, 0.3) is 0 Å². The third-order valence-electron chi connectivity index (χ3n) is 2.32. The lowest BCUT2D eigenvalue weighted by atomic mass is 10.2. The standard InChI is InChI=1S/C12H18N4O2.HI/c1-14-12(13)16-8-11(17)15-7-9-3-5-10(18-2)6-4-9;/h3-6H,7-8H2,1-2H3,(H,15,17)(H3,13,14,16);1H. The van der Waals surface area contributed by atoms with Gasteiger partial charge in [-0.2, -0.15) is 0 Å². The van der Waals surface area contributed by atoms with Gasteiger partial charge in [-0.25, -0.2) is 0 Å². The molecule has 19 heavy (non-hydrogen) atoms. The highest BCUT2D eigenvalue weighted by Gasteiger charge is 2.01. The van der Waals surface area contributed by atoms with Crippen LogP contribution in [-0.4, -0.2) is 32.6 Å². The topological polar surface area (TPSA) is 88.7 Å². The van der Waals surface area contributed by atoms with Crippen LogP contribution in [0.3, 0.4) is 0 Å². The first-order chi connectivity index (χ1) is 8.65. The minimum atomic E-state index is -0.141. The molecule has 0 radical (unpaired) electrons. The van der Waals surface area contributed by atoms with Crippen LogP contribution in [0.5, 0.6) is 5.75 Å². The molecule has 0 spiro atoms. The van der Waals surface area contributed by atoms with E-state index in [4.69, 9.17) is 10.5 Å². The average Bonchev–Trinajstić information content (AvgIpc) is 2.42. The Bertz CT molecular complexity index is 420. The summed E-state index contributed by atoms with van der Waals surface area (Å²) >= 11 is 0. The van der Waals surface area contributed by atoms with Gasteiger partial charge in [0.15, 0.2) is 5.96 Å². The molecule has 0 aromatic heterocycles. The van der Waals surface area contributed by atoms with Crippen LogP contribution < -0.4 is 21.1 Å². The fraction of sp³-hybridized carbons (Fsp3) is 0.333. The van der Waals surface area contributed by atoms with Crippen LogP contribution in [0, 0.1) is 0 Å². The zero-order valence-electron chi connectivity index (χ0n) is 11.0. The quantitative estimate of drug-likeness (QED) is 0.395. The number of aliphatic imine (C=N–C) groups is 1. The lowest BCUT2D eigenvalue weighted by Gasteiger charge is -2.07. The van der Waals surface area contributed by atoms with E-state index in [9.17, 15) is 4.79 Å². The molecule has 0 heterocycles. The van der Waals surface area contributed by atoms with Crippen LogP contribution in [0.1, 0.15) is 5.56 Å². The summed E-state index contributed by atoms with van der Waals surface area (Å²) in [6, 6.07) is 7.49. The van der Waals surface area contributed by atoms with Crippen molar-refractivity contribution < 1.29 is 9.53 Å². The molecule has 0 saturated heterocycles. The van der Waals surface area contributed by atoms with E-state index in [1.165, 1.54) is 0 Å². The average molecular weight is 378 g/mol. The number of nitrogens with one attached hydrogen (secondary N) is 2. The second-order valence-electron chi connectivity index (χ2n) is 3.59. The Morgan fingerprint density at radius 2 is 1.95 bits per heavy atom. The van der Waals surface area contributed by atoms with Gasteiger partial charge >= 0.3 is 0 Å². The van der Waals surface area contributed by atoms with Crippen molar-refractivity contribution in [1.82, 2.24) is 10.6 Å². The molecule has 0 atom stereocenters. The highest BCUT2D eigenvalue weighted by atomic mass is 127. The molecule has 6 nitrogen and oxygen atoms in total. The maximum atomic E-state index is 11.5. The number of carbonyl (C=O) groups excluding carboxylic acids is 1. The van der Waals surface area contributed by atoms with Crippen molar-refractivity contribution in [3.63, 3.8) is 0 Å². The van der Waals surface area contributed by atoms with Gasteiger partial charge in [0.2, 0.25) is 5.91 Å². The number of nitrogens with zero attached hydrogens (tertiary/aromatic N) is 1. The molecule has 0 saturated carbocycles. The molecule has 0 aliphatic carbocycles. The fourth-order valence-corrected chi connectivity index (χ4v) is 1.26. The largest absolute Gasteiger partial charge is 0.497 e. The van der Waals surface area contributed by atoms with Gasteiger partial charge in [-0.15, -0.1) is 24.0 Å². The Labute approximate surface area is 129 Å². The number of nitrogens with two attached hydrogens (primary N) is 1. The van der Waals surface area contributed by atoms with Crippen molar-refractivity contribution in [3.05, 3.63) is 29.8 Å². The Kier molecular flexibility index (Phi) is 8.68. The zero-order chi connectivity index (χ0) is 13.4. The van der Waals surface area contributed by atoms with Crippen LogP contribution in [0.25, 0.3) is 0 Å². The number of ether oxygens (including phenoxy) is 1. The van der Waals surface area contributed by atoms with Crippen LogP contribution in [0.2, 0.25) is 0 Å². The van der Waals surface area contributed by atoms with Gasteiger partial charge in [0.1, 0.15) is 5.75 Å². The van der Waals surface area contributed by atoms with E-state index in [1.54, 1.807) is 14.2 Å². The molecule has 106 valence electrons. The Morgan fingerprint density at radius 1 is 1.32 bits per heavy atom. The lowest BCUT2D eigenvalue weighted by molar-refractivity contribution is -0.120. The molecule has 1 aromatic carbocycles. The van der Waals surface area contributed by atoms with Gasteiger partial charge in [0, 0.05) is 13.6 Å². The van der Waals surface area contributed by atoms with E-state index >= 15 is 0 Å². The molecule has 4 N–H and O–H groups in total. The lowest BCUT2D eigenvalue weighted by Crippen LogP contribution is -2.40. The van der Waals surface area contributed by atoms with Gasteiger partial charge in [-0.3, -0.25) is 9.79 Å². The van der Waals surface area contributed by atoms with Crippen LogP contribution in [0.4, 0.5) is 0 Å². The van der Waals surface area contributed by atoms with E-state index in [0.717, 1.165) is 11.3 Å². The molecule has 1 aromatic rings. The molecule has 1 amide bonds. The van der Waals surface area contributed by atoms with Crippen molar-refractivity contribution in [3.8, 4) is 5.75 Å². The number of hydrogen-bond acceptors (Lipinski definition) is 3. The molecule has 0 aliphatic heterocycles. The maximum absolute atomic E-state index is 11.5. The van der Waals surface area contributed by atoms with E-state index < -0.39 is 0 Å². The van der Waals surface area contributed by atoms with E-state index in [1.807, 2.05) is 24.3 Å². The minimum absolute atomic E-state index is 0. The predicted molar refractivity (Wildman–Crippen MR) is 85.8 cm³/mol. The molecule has 1 rings (SSSR count). The number of halogens is 1. The Hall–Kier alpha value is -1.51. The number of rotatable bonds is 5. The number of benzene rings is 1. The second kappa shape index (κ2) is 9.42. The van der Waals surface area contributed by atoms with E-state index in [-0.39, 0.29) is 42.4 Å². The Balaban J connectivity index is 0.00000324. The number of amides is 1. The molecular formula is C12H19IN4O2. The minimum Gasteiger partial charge on any atom is -0.497 e. The zero-order valence-corrected chi connectivity index (χ0v) is 13.3. The summed E-state index contributed by atoms with van der Waals surface area (Å²) in [5.74, 6) is 0.894.